The van der Waals surface area contributed by atoms with Gasteiger partial charge in [0.1, 0.15) is 16.4 Å². The van der Waals surface area contributed by atoms with E-state index in [1.807, 2.05) is 60.7 Å². The molecule has 3 aromatic carbocycles. The number of benzene rings is 3. The van der Waals surface area contributed by atoms with Crippen LogP contribution in [0.15, 0.2) is 83.8 Å². The zero-order valence-electron chi connectivity index (χ0n) is 16.3. The van der Waals surface area contributed by atoms with E-state index in [1.165, 1.54) is 26.4 Å². The Morgan fingerprint density at radius 3 is 1.97 bits per heavy atom. The molecule has 0 aromatic heterocycles. The monoisotopic (exact) mass is 412 g/mol. The van der Waals surface area contributed by atoms with E-state index in [1.54, 1.807) is 6.07 Å². The summed E-state index contributed by atoms with van der Waals surface area (Å²) >= 11 is 0. The van der Waals surface area contributed by atoms with Gasteiger partial charge in [0.05, 0.1) is 26.3 Å². The van der Waals surface area contributed by atoms with Crippen molar-refractivity contribution in [2.45, 2.75) is 17.0 Å². The van der Waals surface area contributed by atoms with Gasteiger partial charge in [-0.25, -0.2) is 13.1 Å². The third-order valence-electron chi connectivity index (χ3n) is 4.64. The van der Waals surface area contributed by atoms with Crippen molar-refractivity contribution in [3.05, 3.63) is 90.0 Å². The maximum atomic E-state index is 13.2. The van der Waals surface area contributed by atoms with Crippen LogP contribution in [-0.2, 0) is 10.0 Å². The van der Waals surface area contributed by atoms with Crippen LogP contribution >= 0.6 is 0 Å². The molecule has 0 radical (unpaired) electrons. The van der Waals surface area contributed by atoms with Gasteiger partial charge in [-0.3, -0.25) is 0 Å². The van der Waals surface area contributed by atoms with Gasteiger partial charge in [0.15, 0.2) is 0 Å². The van der Waals surface area contributed by atoms with Gasteiger partial charge in [0, 0.05) is 6.07 Å². The van der Waals surface area contributed by atoms with Gasteiger partial charge in [-0.2, -0.15) is 0 Å². The number of rotatable bonds is 8. The van der Waals surface area contributed by atoms with Gasteiger partial charge in [-0.05, 0) is 23.3 Å². The number of ether oxygens (including phenoxy) is 2. The zero-order chi connectivity index (χ0) is 20.9. The first-order valence-electron chi connectivity index (χ1n) is 9.06. The van der Waals surface area contributed by atoms with E-state index in [4.69, 9.17) is 15.2 Å². The highest BCUT2D eigenvalue weighted by atomic mass is 32.2. The Morgan fingerprint density at radius 1 is 0.828 bits per heavy atom. The van der Waals surface area contributed by atoms with Crippen molar-refractivity contribution in [1.82, 2.24) is 4.72 Å². The van der Waals surface area contributed by atoms with E-state index in [2.05, 4.69) is 4.72 Å². The van der Waals surface area contributed by atoms with Crippen LogP contribution < -0.4 is 19.9 Å². The van der Waals surface area contributed by atoms with Gasteiger partial charge in [0.2, 0.25) is 10.0 Å². The van der Waals surface area contributed by atoms with E-state index in [-0.39, 0.29) is 10.6 Å². The van der Waals surface area contributed by atoms with Gasteiger partial charge in [0.25, 0.3) is 0 Å². The molecular weight excluding hydrogens is 388 g/mol. The lowest BCUT2D eigenvalue weighted by Crippen LogP contribution is -2.36. The number of sulfonamides is 1. The predicted octanol–water partition coefficient (Wildman–Crippen LogP) is 3.42. The van der Waals surface area contributed by atoms with Crippen molar-refractivity contribution in [1.29, 1.82) is 0 Å². The summed E-state index contributed by atoms with van der Waals surface area (Å²) in [4.78, 5) is 0.0157. The second-order valence-corrected chi connectivity index (χ2v) is 8.15. The molecule has 3 rings (SSSR count). The Morgan fingerprint density at radius 2 is 1.41 bits per heavy atom. The normalized spacial score (nSPS) is 13.5. The van der Waals surface area contributed by atoms with E-state index in [9.17, 15) is 8.42 Å². The van der Waals surface area contributed by atoms with Crippen LogP contribution in [0.25, 0.3) is 0 Å². The maximum Gasteiger partial charge on any atom is 0.244 e. The lowest BCUT2D eigenvalue weighted by atomic mass is 9.95. The van der Waals surface area contributed by atoms with Crippen LogP contribution in [0, 0.1) is 0 Å². The molecule has 0 unspecified atom stereocenters. The Balaban J connectivity index is 2.01. The lowest BCUT2D eigenvalue weighted by Gasteiger charge is -2.26. The molecule has 7 heteroatoms. The molecule has 0 aliphatic heterocycles. The molecule has 2 atom stereocenters. The fourth-order valence-corrected chi connectivity index (χ4v) is 4.50. The summed E-state index contributed by atoms with van der Waals surface area (Å²) in [5.74, 6) is 0.693. The van der Waals surface area contributed by atoms with Crippen LogP contribution in [0.5, 0.6) is 11.5 Å². The van der Waals surface area contributed by atoms with E-state index >= 15 is 0 Å². The van der Waals surface area contributed by atoms with Crippen LogP contribution in [0.2, 0.25) is 0 Å². The number of nitrogens with two attached hydrogens (primary N) is 1. The summed E-state index contributed by atoms with van der Waals surface area (Å²) in [6.07, 6.45) is 0. The average molecular weight is 413 g/mol. The van der Waals surface area contributed by atoms with Crippen LogP contribution in [0.1, 0.15) is 23.2 Å². The van der Waals surface area contributed by atoms with Crippen molar-refractivity contribution in [3.63, 3.8) is 0 Å². The minimum Gasteiger partial charge on any atom is -0.497 e. The highest BCUT2D eigenvalue weighted by Crippen LogP contribution is 2.32. The molecule has 0 heterocycles. The number of nitrogens with one attached hydrogen (secondary N) is 1. The molecule has 6 nitrogen and oxygen atoms in total. The highest BCUT2D eigenvalue weighted by Gasteiger charge is 2.29. The van der Waals surface area contributed by atoms with Crippen LogP contribution in [0.4, 0.5) is 0 Å². The third-order valence-corrected chi connectivity index (χ3v) is 6.13. The van der Waals surface area contributed by atoms with Gasteiger partial charge < -0.3 is 15.2 Å². The minimum absolute atomic E-state index is 0.0157. The molecule has 0 aliphatic rings. The topological polar surface area (TPSA) is 90.7 Å². The number of hydrogen-bond acceptors (Lipinski definition) is 5. The minimum atomic E-state index is -3.94. The average Bonchev–Trinajstić information content (AvgIpc) is 2.77. The molecule has 0 saturated carbocycles. The predicted molar refractivity (Wildman–Crippen MR) is 112 cm³/mol. The highest BCUT2D eigenvalue weighted by molar-refractivity contribution is 7.89. The molecule has 0 aliphatic carbocycles. The Hall–Kier alpha value is -2.87. The van der Waals surface area contributed by atoms with Crippen molar-refractivity contribution < 1.29 is 17.9 Å². The van der Waals surface area contributed by atoms with E-state index in [0.29, 0.717) is 5.75 Å². The third kappa shape index (κ3) is 4.76. The SMILES string of the molecule is COc1ccc(S(=O)(=O)N[C@@H](c2ccccc2)[C@@H](N)c2ccccc2)c(OC)c1. The van der Waals surface area contributed by atoms with E-state index < -0.39 is 22.1 Å². The Kier molecular flexibility index (Phi) is 6.53. The van der Waals surface area contributed by atoms with E-state index in [0.717, 1.165) is 11.1 Å². The smallest absolute Gasteiger partial charge is 0.244 e. The Bertz CT molecular complexity index is 1040. The lowest BCUT2D eigenvalue weighted by molar-refractivity contribution is 0.385. The molecule has 0 spiro atoms. The second kappa shape index (κ2) is 9.09. The summed E-state index contributed by atoms with van der Waals surface area (Å²) in [7, 11) is -1.02. The quantitative estimate of drug-likeness (QED) is 0.592. The first kappa shape index (κ1) is 20.9. The maximum absolute atomic E-state index is 13.2. The molecule has 29 heavy (non-hydrogen) atoms. The number of hydrogen-bond donors (Lipinski definition) is 2. The molecule has 0 saturated heterocycles. The summed E-state index contributed by atoms with van der Waals surface area (Å²) in [6, 6.07) is 22.0. The summed E-state index contributed by atoms with van der Waals surface area (Å²) in [6.45, 7) is 0. The van der Waals surface area contributed by atoms with Gasteiger partial charge in [-0.15, -0.1) is 0 Å². The fraction of sp³-hybridized carbons (Fsp3) is 0.182. The second-order valence-electron chi connectivity index (χ2n) is 6.46. The van der Waals surface area contributed by atoms with Crippen molar-refractivity contribution in [2.75, 3.05) is 14.2 Å². The van der Waals surface area contributed by atoms with Crippen LogP contribution in [0.3, 0.4) is 0 Å². The molecule has 0 fully saturated rings. The van der Waals surface area contributed by atoms with Gasteiger partial charge in [-0.1, -0.05) is 60.7 Å². The number of methoxy groups -OCH3 is 2. The Labute approximate surface area is 171 Å². The molecule has 0 amide bonds. The molecule has 3 aromatic rings. The molecule has 3 N–H and O–H groups in total. The molecular formula is C22H24N2O4S. The standard InChI is InChI=1S/C22H24N2O4S/c1-27-18-13-14-20(19(15-18)28-2)29(25,26)24-22(17-11-7-4-8-12-17)21(23)16-9-5-3-6-10-16/h3-15,21-22,24H,23H2,1-2H3/t21-,22-/m0/s1. The summed E-state index contributed by atoms with van der Waals surface area (Å²) in [5.41, 5.74) is 8.08. The first-order chi connectivity index (χ1) is 14.0. The largest absolute Gasteiger partial charge is 0.497 e. The van der Waals surface area contributed by atoms with Crippen molar-refractivity contribution >= 4 is 10.0 Å². The van der Waals surface area contributed by atoms with Gasteiger partial charge >= 0.3 is 0 Å². The molecule has 0 bridgehead atoms. The molecule has 152 valence electrons. The first-order valence-corrected chi connectivity index (χ1v) is 10.5. The summed E-state index contributed by atoms with van der Waals surface area (Å²) in [5, 5.41) is 0. The zero-order valence-corrected chi connectivity index (χ0v) is 17.1. The fourth-order valence-electron chi connectivity index (χ4n) is 3.10. The summed E-state index contributed by atoms with van der Waals surface area (Å²) < 4.78 is 39.7. The van der Waals surface area contributed by atoms with Crippen LogP contribution in [-0.4, -0.2) is 22.6 Å². The van der Waals surface area contributed by atoms with Crippen molar-refractivity contribution in [3.8, 4) is 11.5 Å². The van der Waals surface area contributed by atoms with Crippen molar-refractivity contribution in [2.24, 2.45) is 5.73 Å².